The molecule has 0 saturated carbocycles. The van der Waals surface area contributed by atoms with Crippen LogP contribution in [-0.2, 0) is 6.61 Å². The average Bonchev–Trinajstić information content (AvgIpc) is 2.80. The van der Waals surface area contributed by atoms with E-state index in [1.165, 1.54) is 0 Å². The molecule has 0 aliphatic carbocycles. The van der Waals surface area contributed by atoms with Crippen molar-refractivity contribution in [3.05, 3.63) is 88.0 Å². The van der Waals surface area contributed by atoms with Gasteiger partial charge in [-0.25, -0.2) is 0 Å². The first kappa shape index (κ1) is 24.9. The number of hydrogen-bond donors (Lipinski definition) is 0. The van der Waals surface area contributed by atoms with Gasteiger partial charge in [0.2, 0.25) is 0 Å². The Bertz CT molecular complexity index is 1200. The molecule has 0 radical (unpaired) electrons. The van der Waals surface area contributed by atoms with Gasteiger partial charge in [0.1, 0.15) is 23.9 Å². The second kappa shape index (κ2) is 10.9. The first-order chi connectivity index (χ1) is 16.2. The van der Waals surface area contributed by atoms with Gasteiger partial charge in [-0.1, -0.05) is 42.2 Å². The van der Waals surface area contributed by atoms with Crippen molar-refractivity contribution in [2.24, 2.45) is 4.99 Å². The van der Waals surface area contributed by atoms with E-state index in [0.29, 0.717) is 18.1 Å². The summed E-state index contributed by atoms with van der Waals surface area (Å²) in [5.74, 6) is 8.87. The molecule has 0 fully saturated rings. The maximum atomic E-state index is 6.12. The van der Waals surface area contributed by atoms with Crippen LogP contribution < -0.4 is 14.2 Å². The quantitative estimate of drug-likeness (QED) is 0.314. The Morgan fingerprint density at radius 3 is 2.15 bits per heavy atom. The van der Waals surface area contributed by atoms with Crippen LogP contribution in [0.15, 0.2) is 59.6 Å². The smallest absolute Gasteiger partial charge is 0.132 e. The average molecular weight is 456 g/mol. The van der Waals surface area contributed by atoms with Crippen molar-refractivity contribution in [2.45, 2.75) is 46.8 Å². The summed E-state index contributed by atoms with van der Waals surface area (Å²) in [7, 11) is 3.27. The lowest BCUT2D eigenvalue weighted by Crippen LogP contribution is -2.10. The highest BCUT2D eigenvalue weighted by molar-refractivity contribution is 5.88. The maximum absolute atomic E-state index is 6.12. The molecule has 0 spiro atoms. The molecule has 0 saturated heterocycles. The molecule has 3 rings (SSSR count). The predicted molar refractivity (Wildman–Crippen MR) is 140 cm³/mol. The van der Waals surface area contributed by atoms with Crippen molar-refractivity contribution >= 4 is 6.21 Å². The Hall–Kier alpha value is -3.71. The molecule has 3 aromatic rings. The van der Waals surface area contributed by atoms with Gasteiger partial charge < -0.3 is 14.2 Å². The van der Waals surface area contributed by atoms with Crippen LogP contribution in [0.1, 0.15) is 54.2 Å². The number of methoxy groups -OCH3 is 2. The molecule has 0 amide bonds. The van der Waals surface area contributed by atoms with Gasteiger partial charge in [-0.05, 0) is 69.5 Å². The summed E-state index contributed by atoms with van der Waals surface area (Å²) < 4.78 is 17.2. The summed E-state index contributed by atoms with van der Waals surface area (Å²) in [6, 6.07) is 18.0. The van der Waals surface area contributed by atoms with Gasteiger partial charge >= 0.3 is 0 Å². The molecule has 0 heterocycles. The second-order valence-corrected chi connectivity index (χ2v) is 9.18. The molecule has 3 aromatic carbocycles. The summed E-state index contributed by atoms with van der Waals surface area (Å²) in [6.07, 6.45) is 1.83. The summed E-state index contributed by atoms with van der Waals surface area (Å²) in [5, 5.41) is 0. The minimum atomic E-state index is -0.209. The van der Waals surface area contributed by atoms with Crippen LogP contribution in [0, 0.1) is 25.7 Å². The van der Waals surface area contributed by atoms with Gasteiger partial charge in [0, 0.05) is 23.4 Å². The third kappa shape index (κ3) is 6.65. The minimum absolute atomic E-state index is 0.209. The van der Waals surface area contributed by atoms with E-state index in [9.17, 15) is 0 Å². The van der Waals surface area contributed by atoms with Gasteiger partial charge in [-0.3, -0.25) is 4.99 Å². The fourth-order valence-electron chi connectivity index (χ4n) is 3.50. The Balaban J connectivity index is 1.95. The molecule has 0 aliphatic heterocycles. The van der Waals surface area contributed by atoms with Crippen molar-refractivity contribution in [2.75, 3.05) is 14.2 Å². The van der Waals surface area contributed by atoms with Crippen molar-refractivity contribution < 1.29 is 14.2 Å². The summed E-state index contributed by atoms with van der Waals surface area (Å²) in [6.45, 7) is 10.8. The monoisotopic (exact) mass is 455 g/mol. The van der Waals surface area contributed by atoms with E-state index in [1.807, 2.05) is 36.5 Å². The van der Waals surface area contributed by atoms with E-state index in [0.717, 1.165) is 39.1 Å². The maximum Gasteiger partial charge on any atom is 0.132 e. The number of nitrogens with zero attached hydrogens (tertiary/aromatic N) is 1. The molecule has 0 atom stereocenters. The predicted octanol–water partition coefficient (Wildman–Crippen LogP) is 6.52. The van der Waals surface area contributed by atoms with Crippen LogP contribution in [0.25, 0.3) is 0 Å². The zero-order valence-corrected chi connectivity index (χ0v) is 21.2. The molecule has 4 heteroatoms. The van der Waals surface area contributed by atoms with Gasteiger partial charge in [0.25, 0.3) is 0 Å². The minimum Gasteiger partial charge on any atom is -0.497 e. The lowest BCUT2D eigenvalue weighted by molar-refractivity contribution is 0.302. The molecular weight excluding hydrogens is 422 g/mol. The third-order valence-corrected chi connectivity index (χ3v) is 5.18. The topological polar surface area (TPSA) is 40.0 Å². The molecule has 0 aromatic heterocycles. The van der Waals surface area contributed by atoms with Crippen molar-refractivity contribution in [3.63, 3.8) is 0 Å². The number of aryl methyl sites for hydroxylation is 2. The summed E-state index contributed by atoms with van der Waals surface area (Å²) >= 11 is 0. The van der Waals surface area contributed by atoms with Crippen molar-refractivity contribution in [1.29, 1.82) is 0 Å². The Morgan fingerprint density at radius 2 is 1.56 bits per heavy atom. The number of hydrogen-bond acceptors (Lipinski definition) is 4. The Kier molecular flexibility index (Phi) is 8.02. The second-order valence-electron chi connectivity index (χ2n) is 9.18. The Labute approximate surface area is 203 Å². The van der Waals surface area contributed by atoms with E-state index in [4.69, 9.17) is 14.2 Å². The first-order valence-corrected chi connectivity index (χ1v) is 11.3. The van der Waals surface area contributed by atoms with Gasteiger partial charge in [-0.2, -0.15) is 0 Å². The largest absolute Gasteiger partial charge is 0.497 e. The molecule has 0 N–H and O–H groups in total. The molecule has 0 aliphatic rings. The molecular formula is C30H33NO3. The van der Waals surface area contributed by atoms with Crippen LogP contribution in [0.2, 0.25) is 0 Å². The van der Waals surface area contributed by atoms with E-state index in [-0.39, 0.29) is 5.54 Å². The zero-order chi connectivity index (χ0) is 24.7. The fraction of sp³-hybridized carbons (Fsp3) is 0.300. The van der Waals surface area contributed by atoms with Crippen molar-refractivity contribution in [3.8, 4) is 29.1 Å². The van der Waals surface area contributed by atoms with E-state index >= 15 is 0 Å². The van der Waals surface area contributed by atoms with Crippen LogP contribution in [-0.4, -0.2) is 26.0 Å². The highest BCUT2D eigenvalue weighted by Gasteiger charge is 2.12. The number of aliphatic imine (C=N–C) groups is 1. The molecule has 0 bridgehead atoms. The molecule has 0 unspecified atom stereocenters. The standard InChI is InChI=1S/C30H33NO3/c1-21-15-24(16-22(2)29(21)34-20-23-11-9-8-10-12-23)13-14-25-17-26(32-6)18-28(33-7)27(25)19-31-30(3,4)5/h8-12,15-19H,20H2,1-7H3. The first-order valence-electron chi connectivity index (χ1n) is 11.3. The van der Waals surface area contributed by atoms with Gasteiger partial charge in [-0.15, -0.1) is 0 Å². The van der Waals surface area contributed by atoms with Crippen LogP contribution >= 0.6 is 0 Å². The van der Waals surface area contributed by atoms with Crippen LogP contribution in [0.4, 0.5) is 0 Å². The highest BCUT2D eigenvalue weighted by atomic mass is 16.5. The molecule has 34 heavy (non-hydrogen) atoms. The van der Waals surface area contributed by atoms with E-state index in [2.05, 4.69) is 75.7 Å². The lowest BCUT2D eigenvalue weighted by atomic mass is 10.0. The molecule has 4 nitrogen and oxygen atoms in total. The highest BCUT2D eigenvalue weighted by Crippen LogP contribution is 2.29. The summed E-state index contributed by atoms with van der Waals surface area (Å²) in [4.78, 5) is 4.66. The van der Waals surface area contributed by atoms with Crippen LogP contribution in [0.3, 0.4) is 0 Å². The number of ether oxygens (including phenoxy) is 3. The zero-order valence-electron chi connectivity index (χ0n) is 21.2. The molecule has 176 valence electrons. The Morgan fingerprint density at radius 1 is 0.882 bits per heavy atom. The summed E-state index contributed by atoms with van der Waals surface area (Å²) in [5.41, 5.74) is 5.59. The van der Waals surface area contributed by atoms with Gasteiger partial charge in [0.15, 0.2) is 0 Å². The lowest BCUT2D eigenvalue weighted by Gasteiger charge is -2.14. The number of benzene rings is 3. The van der Waals surface area contributed by atoms with E-state index < -0.39 is 0 Å². The number of rotatable bonds is 6. The van der Waals surface area contributed by atoms with Crippen molar-refractivity contribution in [1.82, 2.24) is 0 Å². The fourth-order valence-corrected chi connectivity index (χ4v) is 3.50. The normalized spacial score (nSPS) is 11.1. The van der Waals surface area contributed by atoms with E-state index in [1.54, 1.807) is 14.2 Å². The van der Waals surface area contributed by atoms with Crippen LogP contribution in [0.5, 0.6) is 17.2 Å². The third-order valence-electron chi connectivity index (χ3n) is 5.18. The van der Waals surface area contributed by atoms with Gasteiger partial charge in [0.05, 0.1) is 25.3 Å². The SMILES string of the molecule is COc1cc(C#Cc2cc(C)c(OCc3ccccc3)c(C)c2)c(C=NC(C)(C)C)c(OC)c1.